The van der Waals surface area contributed by atoms with E-state index in [0.717, 1.165) is 32.3 Å². The Balaban J connectivity index is 2.56. The monoisotopic (exact) mass is 316 g/mol. The van der Waals surface area contributed by atoms with Gasteiger partial charge in [0.15, 0.2) is 5.78 Å². The van der Waals surface area contributed by atoms with Crippen LogP contribution in [0.25, 0.3) is 0 Å². The van der Waals surface area contributed by atoms with Crippen LogP contribution in [-0.4, -0.2) is 5.78 Å². The van der Waals surface area contributed by atoms with Crippen LogP contribution in [0.4, 0.5) is 0 Å². The highest BCUT2D eigenvalue weighted by atomic mass is 79.9. The first kappa shape index (κ1) is 14.0. The molecule has 98 valence electrons. The molecule has 0 saturated carbocycles. The summed E-state index contributed by atoms with van der Waals surface area (Å²) in [5.41, 5.74) is 6.00. The van der Waals surface area contributed by atoms with Crippen LogP contribution < -0.4 is 0 Å². The van der Waals surface area contributed by atoms with E-state index >= 15 is 0 Å². The Hall–Kier alpha value is -1.41. The number of hydrogen-bond acceptors (Lipinski definition) is 1. The van der Waals surface area contributed by atoms with Gasteiger partial charge in [-0.25, -0.2) is 0 Å². The summed E-state index contributed by atoms with van der Waals surface area (Å²) < 4.78 is 0.848. The third kappa shape index (κ3) is 2.79. The van der Waals surface area contributed by atoms with Gasteiger partial charge in [0.2, 0.25) is 0 Å². The number of aryl methyl sites for hydroxylation is 4. The number of halogens is 1. The van der Waals surface area contributed by atoms with Gasteiger partial charge in [-0.05, 0) is 62.6 Å². The number of ketones is 1. The molecule has 2 rings (SSSR count). The zero-order chi connectivity index (χ0) is 14.2. The van der Waals surface area contributed by atoms with Crippen molar-refractivity contribution < 1.29 is 4.79 Å². The third-order valence-electron chi connectivity index (χ3n) is 3.45. The molecule has 0 fully saturated rings. The fourth-order valence-corrected chi connectivity index (χ4v) is 2.59. The normalized spacial score (nSPS) is 10.6. The minimum atomic E-state index is 0.0798. The van der Waals surface area contributed by atoms with Crippen molar-refractivity contribution in [1.29, 1.82) is 0 Å². The van der Waals surface area contributed by atoms with Gasteiger partial charge in [-0.15, -0.1) is 0 Å². The van der Waals surface area contributed by atoms with Crippen LogP contribution in [0.15, 0.2) is 34.8 Å². The maximum absolute atomic E-state index is 12.7. The Morgan fingerprint density at radius 1 is 0.842 bits per heavy atom. The first-order valence-electron chi connectivity index (χ1n) is 6.29. The van der Waals surface area contributed by atoms with Crippen LogP contribution in [0.2, 0.25) is 0 Å². The first-order valence-corrected chi connectivity index (χ1v) is 7.08. The summed E-state index contributed by atoms with van der Waals surface area (Å²) in [4.78, 5) is 12.7. The van der Waals surface area contributed by atoms with Crippen molar-refractivity contribution in [3.05, 3.63) is 68.2 Å². The lowest BCUT2D eigenvalue weighted by Gasteiger charge is -2.10. The molecule has 0 unspecified atom stereocenters. The second-order valence-electron chi connectivity index (χ2n) is 5.06. The largest absolute Gasteiger partial charge is 0.289 e. The van der Waals surface area contributed by atoms with E-state index in [4.69, 9.17) is 0 Å². The molecule has 2 heteroatoms. The molecule has 0 saturated heterocycles. The van der Waals surface area contributed by atoms with E-state index in [0.29, 0.717) is 0 Å². The highest BCUT2D eigenvalue weighted by Gasteiger charge is 2.15. The van der Waals surface area contributed by atoms with Gasteiger partial charge in [-0.2, -0.15) is 0 Å². The standard InChI is InChI=1S/C17H17BrO/c1-10-5-6-16(18)15(7-10)17(19)14-9-12(3)11(2)8-13(14)4/h5-9H,1-4H3. The molecule has 0 heterocycles. The van der Waals surface area contributed by atoms with Crippen molar-refractivity contribution in [2.24, 2.45) is 0 Å². The van der Waals surface area contributed by atoms with Gasteiger partial charge in [0.1, 0.15) is 0 Å². The number of hydrogen-bond donors (Lipinski definition) is 0. The summed E-state index contributed by atoms with van der Waals surface area (Å²) in [6.45, 7) is 8.09. The molecular formula is C17H17BrO. The van der Waals surface area contributed by atoms with Gasteiger partial charge >= 0.3 is 0 Å². The Bertz CT molecular complexity index is 657. The fraction of sp³-hybridized carbons (Fsp3) is 0.235. The summed E-state index contributed by atoms with van der Waals surface area (Å²) in [5.74, 6) is 0.0798. The molecule has 19 heavy (non-hydrogen) atoms. The second kappa shape index (κ2) is 5.30. The molecule has 0 aliphatic heterocycles. The van der Waals surface area contributed by atoms with Crippen LogP contribution in [0.1, 0.15) is 38.2 Å². The van der Waals surface area contributed by atoms with Crippen molar-refractivity contribution >= 4 is 21.7 Å². The Morgan fingerprint density at radius 3 is 2.16 bits per heavy atom. The van der Waals surface area contributed by atoms with E-state index in [-0.39, 0.29) is 5.78 Å². The SMILES string of the molecule is Cc1ccc(Br)c(C(=O)c2cc(C)c(C)cc2C)c1. The Morgan fingerprint density at radius 2 is 1.47 bits per heavy atom. The van der Waals surface area contributed by atoms with Crippen molar-refractivity contribution in [1.82, 2.24) is 0 Å². The van der Waals surface area contributed by atoms with Crippen molar-refractivity contribution in [2.45, 2.75) is 27.7 Å². The first-order chi connectivity index (χ1) is 8.90. The van der Waals surface area contributed by atoms with Gasteiger partial charge in [0.05, 0.1) is 0 Å². The van der Waals surface area contributed by atoms with E-state index in [9.17, 15) is 4.79 Å². The molecule has 0 bridgehead atoms. The summed E-state index contributed by atoms with van der Waals surface area (Å²) in [5, 5.41) is 0. The fourth-order valence-electron chi connectivity index (χ4n) is 2.16. The van der Waals surface area contributed by atoms with Crippen LogP contribution in [0.5, 0.6) is 0 Å². The minimum absolute atomic E-state index is 0.0798. The number of carbonyl (C=O) groups excluding carboxylic acids is 1. The predicted octanol–water partition coefficient (Wildman–Crippen LogP) is 4.91. The molecule has 0 atom stereocenters. The van der Waals surface area contributed by atoms with Crippen LogP contribution in [0.3, 0.4) is 0 Å². The van der Waals surface area contributed by atoms with Gasteiger partial charge < -0.3 is 0 Å². The summed E-state index contributed by atoms with van der Waals surface area (Å²) in [6, 6.07) is 9.92. The average molecular weight is 317 g/mol. The molecule has 1 nitrogen and oxygen atoms in total. The highest BCUT2D eigenvalue weighted by Crippen LogP contribution is 2.24. The highest BCUT2D eigenvalue weighted by molar-refractivity contribution is 9.10. The molecule has 2 aromatic rings. The maximum atomic E-state index is 12.7. The minimum Gasteiger partial charge on any atom is -0.289 e. The predicted molar refractivity (Wildman–Crippen MR) is 83.0 cm³/mol. The van der Waals surface area contributed by atoms with Crippen LogP contribution in [0, 0.1) is 27.7 Å². The average Bonchev–Trinajstić information content (AvgIpc) is 2.36. The number of rotatable bonds is 2. The molecule has 0 aliphatic rings. The topological polar surface area (TPSA) is 17.1 Å². The van der Waals surface area contributed by atoms with E-state index in [1.54, 1.807) is 0 Å². The van der Waals surface area contributed by atoms with Gasteiger partial charge in [-0.1, -0.05) is 33.6 Å². The lowest BCUT2D eigenvalue weighted by molar-refractivity contribution is 0.103. The van der Waals surface area contributed by atoms with Gasteiger partial charge in [0.25, 0.3) is 0 Å². The van der Waals surface area contributed by atoms with Gasteiger partial charge in [0, 0.05) is 15.6 Å². The molecular weight excluding hydrogens is 300 g/mol. The zero-order valence-corrected chi connectivity index (χ0v) is 13.3. The van der Waals surface area contributed by atoms with E-state index in [1.807, 2.05) is 45.0 Å². The van der Waals surface area contributed by atoms with Crippen molar-refractivity contribution in [3.8, 4) is 0 Å². The molecule has 0 radical (unpaired) electrons. The quantitative estimate of drug-likeness (QED) is 0.719. The van der Waals surface area contributed by atoms with Crippen LogP contribution in [-0.2, 0) is 0 Å². The molecule has 0 spiro atoms. The maximum Gasteiger partial charge on any atom is 0.194 e. The molecule has 2 aromatic carbocycles. The lowest BCUT2D eigenvalue weighted by atomic mass is 9.94. The molecule has 0 N–H and O–H groups in total. The smallest absolute Gasteiger partial charge is 0.194 e. The number of benzene rings is 2. The third-order valence-corrected chi connectivity index (χ3v) is 4.14. The Kier molecular flexibility index (Phi) is 3.91. The van der Waals surface area contributed by atoms with E-state index in [2.05, 4.69) is 28.9 Å². The van der Waals surface area contributed by atoms with Crippen molar-refractivity contribution in [2.75, 3.05) is 0 Å². The van der Waals surface area contributed by atoms with Crippen LogP contribution >= 0.6 is 15.9 Å². The summed E-state index contributed by atoms with van der Waals surface area (Å²) in [6.07, 6.45) is 0. The molecule has 0 amide bonds. The zero-order valence-electron chi connectivity index (χ0n) is 11.7. The van der Waals surface area contributed by atoms with Crippen molar-refractivity contribution in [3.63, 3.8) is 0 Å². The Labute approximate surface area is 122 Å². The molecule has 0 aromatic heterocycles. The summed E-state index contributed by atoms with van der Waals surface area (Å²) >= 11 is 3.47. The summed E-state index contributed by atoms with van der Waals surface area (Å²) in [7, 11) is 0. The van der Waals surface area contributed by atoms with E-state index < -0.39 is 0 Å². The van der Waals surface area contributed by atoms with E-state index in [1.165, 1.54) is 5.56 Å². The number of carbonyl (C=O) groups is 1. The van der Waals surface area contributed by atoms with Gasteiger partial charge in [-0.3, -0.25) is 4.79 Å². The molecule has 0 aliphatic carbocycles. The second-order valence-corrected chi connectivity index (χ2v) is 5.92. The lowest BCUT2D eigenvalue weighted by Crippen LogP contribution is -2.06.